The van der Waals surface area contributed by atoms with Crippen LogP contribution in [0.3, 0.4) is 0 Å². The predicted molar refractivity (Wildman–Crippen MR) is 80.9 cm³/mol. The molecular weight excluding hydrogens is 252 g/mol. The van der Waals surface area contributed by atoms with Crippen molar-refractivity contribution >= 4 is 11.6 Å². The molecule has 0 aromatic heterocycles. The molecule has 1 aromatic carbocycles. The summed E-state index contributed by atoms with van der Waals surface area (Å²) in [7, 11) is 0. The summed E-state index contributed by atoms with van der Waals surface area (Å²) in [6.45, 7) is 10.1. The number of ether oxygens (including phenoxy) is 1. The lowest BCUT2D eigenvalue weighted by Crippen LogP contribution is -2.51. The number of carbonyl (C=O) groups is 1. The molecule has 0 aliphatic carbocycles. The fourth-order valence-electron chi connectivity index (χ4n) is 2.46. The molecule has 0 saturated carbocycles. The number of para-hydroxylation sites is 1. The van der Waals surface area contributed by atoms with Gasteiger partial charge in [0.2, 0.25) is 5.91 Å². The molecule has 1 heterocycles. The van der Waals surface area contributed by atoms with Crippen LogP contribution < -0.4 is 10.6 Å². The van der Waals surface area contributed by atoms with E-state index in [2.05, 4.69) is 10.6 Å². The highest BCUT2D eigenvalue weighted by atomic mass is 16.5. The minimum Gasteiger partial charge on any atom is -0.374 e. The predicted octanol–water partition coefficient (Wildman–Crippen LogP) is 2.26. The third kappa shape index (κ3) is 3.02. The molecule has 1 unspecified atom stereocenters. The van der Waals surface area contributed by atoms with Crippen LogP contribution in [-0.2, 0) is 9.53 Å². The Bertz CT molecular complexity index is 471. The minimum atomic E-state index is -0.567. The molecule has 0 bridgehead atoms. The summed E-state index contributed by atoms with van der Waals surface area (Å²) in [5.74, 6) is 0.00333. The highest BCUT2D eigenvalue weighted by molar-refractivity contribution is 5.96. The van der Waals surface area contributed by atoms with Crippen LogP contribution in [0.25, 0.3) is 0 Å². The van der Waals surface area contributed by atoms with Crippen molar-refractivity contribution in [3.63, 3.8) is 0 Å². The van der Waals surface area contributed by atoms with Crippen LogP contribution in [0.15, 0.2) is 18.2 Å². The molecule has 1 amide bonds. The van der Waals surface area contributed by atoms with Crippen molar-refractivity contribution in [1.29, 1.82) is 0 Å². The average Bonchev–Trinajstić information content (AvgIpc) is 2.43. The van der Waals surface area contributed by atoms with Gasteiger partial charge in [0.05, 0.1) is 18.1 Å². The minimum absolute atomic E-state index is 0.00333. The number of amides is 1. The Kier molecular flexibility index (Phi) is 4.45. The fourth-order valence-corrected chi connectivity index (χ4v) is 2.46. The third-order valence-corrected chi connectivity index (χ3v) is 4.04. The van der Waals surface area contributed by atoms with Crippen LogP contribution in [0, 0.1) is 19.3 Å². The Morgan fingerprint density at radius 3 is 2.55 bits per heavy atom. The molecule has 1 atom stereocenters. The van der Waals surface area contributed by atoms with Gasteiger partial charge < -0.3 is 15.4 Å². The maximum Gasteiger partial charge on any atom is 0.232 e. The highest BCUT2D eigenvalue weighted by Gasteiger charge is 2.38. The second-order valence-corrected chi connectivity index (χ2v) is 6.01. The van der Waals surface area contributed by atoms with Crippen LogP contribution >= 0.6 is 0 Å². The molecule has 2 N–H and O–H groups in total. The normalized spacial score (nSPS) is 19.7. The van der Waals surface area contributed by atoms with Gasteiger partial charge >= 0.3 is 0 Å². The summed E-state index contributed by atoms with van der Waals surface area (Å²) in [6, 6.07) is 6.02. The van der Waals surface area contributed by atoms with Gasteiger partial charge in [-0.2, -0.15) is 0 Å². The van der Waals surface area contributed by atoms with Crippen LogP contribution in [0.2, 0.25) is 0 Å². The number of aryl methyl sites for hydroxylation is 2. The van der Waals surface area contributed by atoms with E-state index >= 15 is 0 Å². The van der Waals surface area contributed by atoms with E-state index in [0.29, 0.717) is 13.2 Å². The summed E-state index contributed by atoms with van der Waals surface area (Å²) in [6.07, 6.45) is -0.0967. The Labute approximate surface area is 120 Å². The van der Waals surface area contributed by atoms with Crippen LogP contribution in [0.5, 0.6) is 0 Å². The summed E-state index contributed by atoms with van der Waals surface area (Å²) in [4.78, 5) is 12.6. The maximum absolute atomic E-state index is 12.6. The number of rotatable bonds is 3. The number of hydrogen-bond donors (Lipinski definition) is 2. The van der Waals surface area contributed by atoms with Crippen molar-refractivity contribution < 1.29 is 9.53 Å². The molecule has 1 fully saturated rings. The first-order valence-corrected chi connectivity index (χ1v) is 7.13. The number of nitrogens with one attached hydrogen (secondary N) is 2. The molecule has 110 valence electrons. The Balaban J connectivity index is 2.14. The van der Waals surface area contributed by atoms with Gasteiger partial charge in [-0.15, -0.1) is 0 Å². The van der Waals surface area contributed by atoms with Gasteiger partial charge in [-0.25, -0.2) is 0 Å². The number of carbonyl (C=O) groups excluding carboxylic acids is 1. The van der Waals surface area contributed by atoms with Crippen molar-refractivity contribution in [1.82, 2.24) is 5.32 Å². The van der Waals surface area contributed by atoms with Crippen molar-refractivity contribution in [2.24, 2.45) is 5.41 Å². The molecule has 20 heavy (non-hydrogen) atoms. The molecule has 1 saturated heterocycles. The van der Waals surface area contributed by atoms with Gasteiger partial charge in [0.1, 0.15) is 0 Å². The van der Waals surface area contributed by atoms with Crippen molar-refractivity contribution in [2.45, 2.75) is 33.8 Å². The smallest absolute Gasteiger partial charge is 0.232 e. The van der Waals surface area contributed by atoms with E-state index in [9.17, 15) is 4.79 Å². The second-order valence-electron chi connectivity index (χ2n) is 6.01. The zero-order chi connectivity index (χ0) is 14.8. The lowest BCUT2D eigenvalue weighted by atomic mass is 9.84. The van der Waals surface area contributed by atoms with Gasteiger partial charge in [-0.1, -0.05) is 18.2 Å². The van der Waals surface area contributed by atoms with E-state index in [4.69, 9.17) is 4.74 Å². The van der Waals surface area contributed by atoms with Gasteiger partial charge in [0.15, 0.2) is 0 Å². The van der Waals surface area contributed by atoms with E-state index in [1.54, 1.807) is 0 Å². The zero-order valence-electron chi connectivity index (χ0n) is 12.7. The lowest BCUT2D eigenvalue weighted by molar-refractivity contribution is -0.134. The van der Waals surface area contributed by atoms with Crippen LogP contribution in [-0.4, -0.2) is 31.7 Å². The van der Waals surface area contributed by atoms with Crippen LogP contribution in [0.1, 0.15) is 25.0 Å². The Morgan fingerprint density at radius 2 is 2.00 bits per heavy atom. The summed E-state index contributed by atoms with van der Waals surface area (Å²) < 4.78 is 5.74. The Morgan fingerprint density at radius 1 is 1.35 bits per heavy atom. The number of anilines is 1. The van der Waals surface area contributed by atoms with E-state index in [-0.39, 0.29) is 12.0 Å². The lowest BCUT2D eigenvalue weighted by Gasteiger charge is -2.36. The summed E-state index contributed by atoms with van der Waals surface area (Å²) >= 11 is 0. The standard InChI is InChI=1S/C16H24N2O2/c1-11-6-5-7-12(2)14(11)18-15(19)16(3,4)13-10-17-8-9-20-13/h5-7,13,17H,8-10H2,1-4H3,(H,18,19). The van der Waals surface area contributed by atoms with Gasteiger partial charge in [-0.3, -0.25) is 4.79 Å². The first-order valence-electron chi connectivity index (χ1n) is 7.13. The van der Waals surface area contributed by atoms with Gasteiger partial charge in [-0.05, 0) is 38.8 Å². The quantitative estimate of drug-likeness (QED) is 0.890. The molecule has 2 rings (SSSR count). The third-order valence-electron chi connectivity index (χ3n) is 4.04. The molecule has 4 nitrogen and oxygen atoms in total. The molecular formula is C16H24N2O2. The van der Waals surface area contributed by atoms with Gasteiger partial charge in [0.25, 0.3) is 0 Å². The Hall–Kier alpha value is -1.39. The maximum atomic E-state index is 12.6. The molecule has 4 heteroatoms. The first-order chi connectivity index (χ1) is 9.43. The molecule has 0 radical (unpaired) electrons. The van der Waals surface area contributed by atoms with Crippen molar-refractivity contribution in [3.05, 3.63) is 29.3 Å². The van der Waals surface area contributed by atoms with Crippen molar-refractivity contribution in [3.8, 4) is 0 Å². The zero-order valence-corrected chi connectivity index (χ0v) is 12.7. The summed E-state index contributed by atoms with van der Waals surface area (Å²) in [5, 5.41) is 6.35. The molecule has 1 aliphatic heterocycles. The SMILES string of the molecule is Cc1cccc(C)c1NC(=O)C(C)(C)C1CNCCO1. The van der Waals surface area contributed by atoms with Crippen molar-refractivity contribution in [2.75, 3.05) is 25.0 Å². The van der Waals surface area contributed by atoms with E-state index in [0.717, 1.165) is 23.4 Å². The topological polar surface area (TPSA) is 50.4 Å². The molecule has 1 aliphatic rings. The number of benzene rings is 1. The van der Waals surface area contributed by atoms with Gasteiger partial charge in [0, 0.05) is 18.8 Å². The van der Waals surface area contributed by atoms with Crippen LogP contribution in [0.4, 0.5) is 5.69 Å². The number of hydrogen-bond acceptors (Lipinski definition) is 3. The van der Waals surface area contributed by atoms with E-state index in [1.807, 2.05) is 45.9 Å². The molecule has 0 spiro atoms. The largest absolute Gasteiger partial charge is 0.374 e. The van der Waals surface area contributed by atoms with E-state index in [1.165, 1.54) is 0 Å². The number of morpholine rings is 1. The fraction of sp³-hybridized carbons (Fsp3) is 0.562. The summed E-state index contributed by atoms with van der Waals surface area (Å²) in [5.41, 5.74) is 2.50. The van der Waals surface area contributed by atoms with E-state index < -0.39 is 5.41 Å². The average molecular weight is 276 g/mol. The molecule has 1 aromatic rings. The first kappa shape index (κ1) is 15.0. The highest BCUT2D eigenvalue weighted by Crippen LogP contribution is 2.28. The second kappa shape index (κ2) is 5.94. The monoisotopic (exact) mass is 276 g/mol.